The van der Waals surface area contributed by atoms with Crippen LogP contribution in [0.4, 0.5) is 0 Å². The molecule has 0 unspecified atom stereocenters. The summed E-state index contributed by atoms with van der Waals surface area (Å²) in [5, 5.41) is 7.05. The average Bonchev–Trinajstić information content (AvgIpc) is 2.95. The maximum absolute atomic E-state index is 5.25. The van der Waals surface area contributed by atoms with E-state index in [2.05, 4.69) is 22.0 Å². The number of methoxy groups -OCH3 is 2. The van der Waals surface area contributed by atoms with E-state index in [-0.39, 0.29) is 0 Å². The fraction of sp³-hybridized carbons (Fsp3) is 0.286. The second kappa shape index (κ2) is 6.72. The van der Waals surface area contributed by atoms with Crippen LogP contribution in [0.5, 0.6) is 11.5 Å². The van der Waals surface area contributed by atoms with Crippen molar-refractivity contribution in [3.8, 4) is 22.9 Å². The zero-order valence-corrected chi connectivity index (χ0v) is 11.5. The molecule has 2 rings (SSSR count). The highest BCUT2D eigenvalue weighted by molar-refractivity contribution is 5.60. The first-order chi connectivity index (χ1) is 9.78. The minimum atomic E-state index is 0.506. The van der Waals surface area contributed by atoms with Gasteiger partial charge in [0.15, 0.2) is 11.5 Å². The monoisotopic (exact) mass is 275 g/mol. The minimum Gasteiger partial charge on any atom is -0.493 e. The second-order valence-electron chi connectivity index (χ2n) is 4.00. The Bertz CT molecular complexity index is 581. The van der Waals surface area contributed by atoms with Gasteiger partial charge in [0.05, 0.1) is 20.8 Å². The van der Waals surface area contributed by atoms with Gasteiger partial charge in [-0.1, -0.05) is 11.2 Å². The Kier molecular flexibility index (Phi) is 4.73. The number of ether oxygens (including phenoxy) is 2. The lowest BCUT2D eigenvalue weighted by atomic mass is 10.2. The van der Waals surface area contributed by atoms with E-state index in [9.17, 15) is 0 Å². The first-order valence-corrected chi connectivity index (χ1v) is 6.15. The van der Waals surface area contributed by atoms with Crippen LogP contribution in [-0.4, -0.2) is 30.9 Å². The molecule has 0 atom stereocenters. The van der Waals surface area contributed by atoms with Crippen LogP contribution in [0.25, 0.3) is 11.4 Å². The maximum atomic E-state index is 5.25. The van der Waals surface area contributed by atoms with Crippen LogP contribution in [0, 0.1) is 0 Å². The second-order valence-corrected chi connectivity index (χ2v) is 4.00. The molecule has 0 radical (unpaired) electrons. The van der Waals surface area contributed by atoms with Crippen molar-refractivity contribution in [2.75, 3.05) is 20.8 Å². The lowest BCUT2D eigenvalue weighted by Gasteiger charge is -2.07. The van der Waals surface area contributed by atoms with Crippen molar-refractivity contribution in [2.45, 2.75) is 6.54 Å². The summed E-state index contributed by atoms with van der Waals surface area (Å²) in [5.41, 5.74) is 0.807. The quantitative estimate of drug-likeness (QED) is 0.616. The SMILES string of the molecule is C=CCNCc1nc(-c2ccc(OC)c(OC)c2)no1. The summed E-state index contributed by atoms with van der Waals surface area (Å²) < 4.78 is 15.6. The molecule has 0 bridgehead atoms. The lowest BCUT2D eigenvalue weighted by Crippen LogP contribution is -2.12. The molecule has 6 heteroatoms. The van der Waals surface area contributed by atoms with Gasteiger partial charge in [-0.3, -0.25) is 0 Å². The molecule has 2 aromatic rings. The van der Waals surface area contributed by atoms with Crippen molar-refractivity contribution in [3.63, 3.8) is 0 Å². The van der Waals surface area contributed by atoms with E-state index < -0.39 is 0 Å². The van der Waals surface area contributed by atoms with E-state index in [1.54, 1.807) is 26.4 Å². The van der Waals surface area contributed by atoms with E-state index in [4.69, 9.17) is 14.0 Å². The third-order valence-corrected chi connectivity index (χ3v) is 2.67. The Hall–Kier alpha value is -2.34. The number of hydrogen-bond donors (Lipinski definition) is 1. The zero-order valence-electron chi connectivity index (χ0n) is 11.5. The molecule has 1 heterocycles. The van der Waals surface area contributed by atoms with Crippen LogP contribution in [0.2, 0.25) is 0 Å². The highest BCUT2D eigenvalue weighted by Crippen LogP contribution is 2.31. The molecule has 0 spiro atoms. The van der Waals surface area contributed by atoms with Gasteiger partial charge in [0, 0.05) is 12.1 Å². The van der Waals surface area contributed by atoms with Crippen molar-refractivity contribution >= 4 is 0 Å². The molecule has 0 saturated heterocycles. The summed E-state index contributed by atoms with van der Waals surface area (Å²) in [6.45, 7) is 4.82. The molecular formula is C14H17N3O3. The van der Waals surface area contributed by atoms with Gasteiger partial charge in [0.2, 0.25) is 11.7 Å². The van der Waals surface area contributed by atoms with Gasteiger partial charge in [-0.2, -0.15) is 4.98 Å². The number of nitrogens with one attached hydrogen (secondary N) is 1. The maximum Gasteiger partial charge on any atom is 0.240 e. The van der Waals surface area contributed by atoms with Crippen molar-refractivity contribution in [1.82, 2.24) is 15.5 Å². The van der Waals surface area contributed by atoms with Gasteiger partial charge >= 0.3 is 0 Å². The Labute approximate surface area is 117 Å². The fourth-order valence-corrected chi connectivity index (χ4v) is 1.70. The molecule has 0 aliphatic rings. The highest BCUT2D eigenvalue weighted by Gasteiger charge is 2.11. The summed E-state index contributed by atoms with van der Waals surface area (Å²) in [6.07, 6.45) is 1.77. The number of aromatic nitrogens is 2. The van der Waals surface area contributed by atoms with Crippen molar-refractivity contribution in [1.29, 1.82) is 0 Å². The highest BCUT2D eigenvalue weighted by atomic mass is 16.5. The predicted octanol–water partition coefficient (Wildman–Crippen LogP) is 2.03. The summed E-state index contributed by atoms with van der Waals surface area (Å²) in [6, 6.07) is 5.47. The molecule has 1 aromatic heterocycles. The summed E-state index contributed by atoms with van der Waals surface area (Å²) in [4.78, 5) is 4.31. The fourth-order valence-electron chi connectivity index (χ4n) is 1.70. The standard InChI is InChI=1S/C14H17N3O3/c1-4-7-15-9-13-16-14(17-20-13)10-5-6-11(18-2)12(8-10)19-3/h4-6,8,15H,1,7,9H2,2-3H3. The van der Waals surface area contributed by atoms with Crippen molar-refractivity contribution in [3.05, 3.63) is 36.7 Å². The third kappa shape index (κ3) is 3.16. The van der Waals surface area contributed by atoms with Gasteiger partial charge in [0.1, 0.15) is 0 Å². The Morgan fingerprint density at radius 1 is 1.30 bits per heavy atom. The van der Waals surface area contributed by atoms with Gasteiger partial charge in [0.25, 0.3) is 0 Å². The molecule has 6 nitrogen and oxygen atoms in total. The van der Waals surface area contributed by atoms with E-state index in [0.29, 0.717) is 36.3 Å². The molecule has 0 fully saturated rings. The van der Waals surface area contributed by atoms with Crippen molar-refractivity contribution in [2.24, 2.45) is 0 Å². The molecule has 0 aliphatic carbocycles. The van der Waals surface area contributed by atoms with Gasteiger partial charge in [-0.25, -0.2) is 0 Å². The van der Waals surface area contributed by atoms with E-state index in [1.807, 2.05) is 12.1 Å². The smallest absolute Gasteiger partial charge is 0.240 e. The van der Waals surface area contributed by atoms with Crippen LogP contribution in [-0.2, 0) is 6.54 Å². The van der Waals surface area contributed by atoms with Crippen LogP contribution < -0.4 is 14.8 Å². The molecule has 0 amide bonds. The van der Waals surface area contributed by atoms with Gasteiger partial charge in [-0.05, 0) is 18.2 Å². The van der Waals surface area contributed by atoms with Crippen LogP contribution in [0.3, 0.4) is 0 Å². The van der Waals surface area contributed by atoms with E-state index in [1.165, 1.54) is 0 Å². The molecule has 106 valence electrons. The number of nitrogens with zero attached hydrogens (tertiary/aromatic N) is 2. The average molecular weight is 275 g/mol. The molecule has 0 aliphatic heterocycles. The molecule has 0 saturated carbocycles. The summed E-state index contributed by atoms with van der Waals surface area (Å²) >= 11 is 0. The van der Waals surface area contributed by atoms with Crippen LogP contribution >= 0.6 is 0 Å². The van der Waals surface area contributed by atoms with Gasteiger partial charge < -0.3 is 19.3 Å². The normalized spacial score (nSPS) is 10.3. The third-order valence-electron chi connectivity index (χ3n) is 2.67. The summed E-state index contributed by atoms with van der Waals surface area (Å²) in [5.74, 6) is 2.33. The number of hydrogen-bond acceptors (Lipinski definition) is 6. The van der Waals surface area contributed by atoms with Crippen molar-refractivity contribution < 1.29 is 14.0 Å². The minimum absolute atomic E-state index is 0.506. The largest absolute Gasteiger partial charge is 0.493 e. The van der Waals surface area contributed by atoms with E-state index >= 15 is 0 Å². The Balaban J connectivity index is 2.17. The summed E-state index contributed by atoms with van der Waals surface area (Å²) in [7, 11) is 3.18. The van der Waals surface area contributed by atoms with Gasteiger partial charge in [-0.15, -0.1) is 6.58 Å². The topological polar surface area (TPSA) is 69.4 Å². The van der Waals surface area contributed by atoms with Crippen LogP contribution in [0.15, 0.2) is 35.4 Å². The Morgan fingerprint density at radius 3 is 2.80 bits per heavy atom. The zero-order chi connectivity index (χ0) is 14.4. The Morgan fingerprint density at radius 2 is 2.10 bits per heavy atom. The lowest BCUT2D eigenvalue weighted by molar-refractivity contribution is 0.355. The predicted molar refractivity (Wildman–Crippen MR) is 74.7 cm³/mol. The first-order valence-electron chi connectivity index (χ1n) is 6.15. The molecular weight excluding hydrogens is 258 g/mol. The number of benzene rings is 1. The number of rotatable bonds is 7. The van der Waals surface area contributed by atoms with E-state index in [0.717, 1.165) is 5.56 Å². The molecule has 1 aromatic carbocycles. The van der Waals surface area contributed by atoms with Crippen LogP contribution in [0.1, 0.15) is 5.89 Å². The molecule has 1 N–H and O–H groups in total. The molecule has 20 heavy (non-hydrogen) atoms. The first kappa shape index (κ1) is 14.1.